The van der Waals surface area contributed by atoms with E-state index in [0.29, 0.717) is 18.0 Å². The fourth-order valence-electron chi connectivity index (χ4n) is 2.81. The second kappa shape index (κ2) is 7.97. The van der Waals surface area contributed by atoms with E-state index in [4.69, 9.17) is 9.26 Å². The molecule has 0 fully saturated rings. The SMILES string of the molecule is COc1ccc(-c2cc(C(=O)Nc3cnn(Cc4cccc(F)c4)c3)no2)cc1. The standard InChI is InChI=1S/C21H17FN4O3/c1-28-18-7-5-15(6-8-18)20-10-19(25-29-20)21(27)24-17-11-23-26(13-17)12-14-3-2-4-16(22)9-14/h2-11,13H,12H2,1H3,(H,24,27). The molecule has 0 saturated heterocycles. The Bertz CT molecular complexity index is 1130. The first-order valence-electron chi connectivity index (χ1n) is 8.80. The number of aromatic nitrogens is 3. The number of nitrogens with one attached hydrogen (secondary N) is 1. The molecule has 0 bridgehead atoms. The van der Waals surface area contributed by atoms with Gasteiger partial charge in [0.2, 0.25) is 0 Å². The molecule has 0 aliphatic heterocycles. The van der Waals surface area contributed by atoms with Gasteiger partial charge in [0, 0.05) is 17.8 Å². The minimum atomic E-state index is -0.418. The first-order valence-corrected chi connectivity index (χ1v) is 8.80. The molecule has 0 unspecified atom stereocenters. The van der Waals surface area contributed by atoms with Crippen molar-refractivity contribution in [3.8, 4) is 17.1 Å². The summed E-state index contributed by atoms with van der Waals surface area (Å²) in [5.41, 5.74) is 2.20. The molecular formula is C21H17FN4O3. The molecule has 4 aromatic rings. The number of carbonyl (C=O) groups is 1. The first kappa shape index (κ1) is 18.4. The van der Waals surface area contributed by atoms with Crippen LogP contribution in [0.5, 0.6) is 5.75 Å². The van der Waals surface area contributed by atoms with Crippen molar-refractivity contribution in [2.45, 2.75) is 6.54 Å². The highest BCUT2D eigenvalue weighted by Crippen LogP contribution is 2.23. The second-order valence-electron chi connectivity index (χ2n) is 6.32. The van der Waals surface area contributed by atoms with Gasteiger partial charge in [0.1, 0.15) is 11.6 Å². The Hall–Kier alpha value is -3.94. The second-order valence-corrected chi connectivity index (χ2v) is 6.32. The van der Waals surface area contributed by atoms with Crippen molar-refractivity contribution in [1.29, 1.82) is 0 Å². The number of benzene rings is 2. The van der Waals surface area contributed by atoms with E-state index < -0.39 is 5.91 Å². The van der Waals surface area contributed by atoms with Gasteiger partial charge in [0.25, 0.3) is 5.91 Å². The Morgan fingerprint density at radius 3 is 2.79 bits per heavy atom. The summed E-state index contributed by atoms with van der Waals surface area (Å²) < 4.78 is 25.3. The summed E-state index contributed by atoms with van der Waals surface area (Å²) >= 11 is 0. The Balaban J connectivity index is 1.42. The average Bonchev–Trinajstić information content (AvgIpc) is 3.38. The van der Waals surface area contributed by atoms with Gasteiger partial charge < -0.3 is 14.6 Å². The van der Waals surface area contributed by atoms with Crippen LogP contribution in [0.3, 0.4) is 0 Å². The van der Waals surface area contributed by atoms with Crippen LogP contribution in [-0.4, -0.2) is 28.0 Å². The van der Waals surface area contributed by atoms with Crippen molar-refractivity contribution < 1.29 is 18.4 Å². The monoisotopic (exact) mass is 392 g/mol. The molecule has 0 radical (unpaired) electrons. The molecule has 2 heterocycles. The summed E-state index contributed by atoms with van der Waals surface area (Å²) in [5, 5.41) is 10.7. The van der Waals surface area contributed by atoms with Crippen molar-refractivity contribution in [2.24, 2.45) is 0 Å². The fraction of sp³-hybridized carbons (Fsp3) is 0.0952. The molecule has 7 nitrogen and oxygen atoms in total. The molecule has 0 aliphatic carbocycles. The number of hydrogen-bond donors (Lipinski definition) is 1. The highest BCUT2D eigenvalue weighted by atomic mass is 19.1. The number of amides is 1. The summed E-state index contributed by atoms with van der Waals surface area (Å²) in [5.74, 6) is 0.474. The first-order chi connectivity index (χ1) is 14.1. The van der Waals surface area contributed by atoms with Crippen molar-refractivity contribution in [3.05, 3.63) is 84.1 Å². The number of rotatable bonds is 6. The largest absolute Gasteiger partial charge is 0.497 e. The van der Waals surface area contributed by atoms with Crippen LogP contribution in [-0.2, 0) is 6.54 Å². The maximum absolute atomic E-state index is 13.3. The highest BCUT2D eigenvalue weighted by Gasteiger charge is 2.15. The number of halogens is 1. The predicted molar refractivity (Wildman–Crippen MR) is 104 cm³/mol. The van der Waals surface area contributed by atoms with Crippen LogP contribution in [0.4, 0.5) is 10.1 Å². The van der Waals surface area contributed by atoms with Gasteiger partial charge in [0.05, 0.1) is 25.5 Å². The maximum Gasteiger partial charge on any atom is 0.277 e. The van der Waals surface area contributed by atoms with Gasteiger partial charge in [-0.25, -0.2) is 4.39 Å². The molecule has 1 amide bonds. The summed E-state index contributed by atoms with van der Waals surface area (Å²) in [6.07, 6.45) is 3.18. The van der Waals surface area contributed by atoms with Gasteiger partial charge in [-0.05, 0) is 42.0 Å². The van der Waals surface area contributed by atoms with Gasteiger partial charge >= 0.3 is 0 Å². The van der Waals surface area contributed by atoms with Crippen LogP contribution < -0.4 is 10.1 Å². The number of ether oxygens (including phenoxy) is 1. The number of methoxy groups -OCH3 is 1. The number of carbonyl (C=O) groups excluding carboxylic acids is 1. The Labute approximate surface area is 165 Å². The molecule has 8 heteroatoms. The van der Waals surface area contributed by atoms with Crippen LogP contribution in [0.2, 0.25) is 0 Å². The summed E-state index contributed by atoms with van der Waals surface area (Å²) in [6.45, 7) is 0.388. The number of anilines is 1. The van der Waals surface area contributed by atoms with Crippen LogP contribution in [0.25, 0.3) is 11.3 Å². The Morgan fingerprint density at radius 1 is 1.21 bits per heavy atom. The lowest BCUT2D eigenvalue weighted by Crippen LogP contribution is -2.11. The van der Waals surface area contributed by atoms with Crippen LogP contribution in [0.1, 0.15) is 16.1 Å². The molecule has 1 N–H and O–H groups in total. The van der Waals surface area contributed by atoms with Gasteiger partial charge in [0.15, 0.2) is 11.5 Å². The molecule has 2 aromatic carbocycles. The van der Waals surface area contributed by atoms with Crippen molar-refractivity contribution >= 4 is 11.6 Å². The van der Waals surface area contributed by atoms with E-state index >= 15 is 0 Å². The van der Waals surface area contributed by atoms with Gasteiger partial charge in [-0.2, -0.15) is 5.10 Å². The van der Waals surface area contributed by atoms with E-state index in [2.05, 4.69) is 15.6 Å². The molecule has 29 heavy (non-hydrogen) atoms. The van der Waals surface area contributed by atoms with E-state index in [1.807, 2.05) is 12.1 Å². The lowest BCUT2D eigenvalue weighted by Gasteiger charge is -2.02. The average molecular weight is 392 g/mol. The van der Waals surface area contributed by atoms with Gasteiger partial charge in [-0.3, -0.25) is 9.48 Å². The van der Waals surface area contributed by atoms with Gasteiger partial charge in [-0.15, -0.1) is 0 Å². The van der Waals surface area contributed by atoms with Crippen LogP contribution in [0, 0.1) is 5.82 Å². The fourth-order valence-corrected chi connectivity index (χ4v) is 2.81. The minimum Gasteiger partial charge on any atom is -0.497 e. The van der Waals surface area contributed by atoms with E-state index in [1.54, 1.807) is 48.3 Å². The smallest absolute Gasteiger partial charge is 0.277 e. The Morgan fingerprint density at radius 2 is 2.03 bits per heavy atom. The molecule has 0 aliphatic rings. The third-order valence-corrected chi connectivity index (χ3v) is 4.24. The summed E-state index contributed by atoms with van der Waals surface area (Å²) in [7, 11) is 1.59. The molecule has 2 aromatic heterocycles. The normalized spacial score (nSPS) is 10.7. The highest BCUT2D eigenvalue weighted by molar-refractivity contribution is 6.03. The number of nitrogens with zero attached hydrogens (tertiary/aromatic N) is 3. The Kier molecular flexibility index (Phi) is 5.07. The van der Waals surface area contributed by atoms with Crippen LogP contribution >= 0.6 is 0 Å². The van der Waals surface area contributed by atoms with Gasteiger partial charge in [-0.1, -0.05) is 17.3 Å². The molecule has 146 valence electrons. The van der Waals surface area contributed by atoms with E-state index in [0.717, 1.165) is 16.9 Å². The zero-order valence-corrected chi connectivity index (χ0v) is 15.5. The maximum atomic E-state index is 13.3. The molecule has 0 saturated carbocycles. The molecule has 0 spiro atoms. The summed E-state index contributed by atoms with van der Waals surface area (Å²) in [6, 6.07) is 15.1. The lowest BCUT2D eigenvalue weighted by atomic mass is 10.1. The molecule has 0 atom stereocenters. The predicted octanol–water partition coefficient (Wildman–Crippen LogP) is 3.99. The number of hydrogen-bond acceptors (Lipinski definition) is 5. The topological polar surface area (TPSA) is 82.2 Å². The molecular weight excluding hydrogens is 375 g/mol. The third-order valence-electron chi connectivity index (χ3n) is 4.24. The van der Waals surface area contributed by atoms with Crippen molar-refractivity contribution in [3.63, 3.8) is 0 Å². The van der Waals surface area contributed by atoms with E-state index in [1.165, 1.54) is 18.3 Å². The lowest BCUT2D eigenvalue weighted by molar-refractivity contribution is 0.101. The zero-order chi connectivity index (χ0) is 20.2. The van der Waals surface area contributed by atoms with Crippen LogP contribution in [0.15, 0.2) is 71.5 Å². The summed E-state index contributed by atoms with van der Waals surface area (Å²) in [4.78, 5) is 12.4. The zero-order valence-electron chi connectivity index (χ0n) is 15.5. The van der Waals surface area contributed by atoms with Crippen molar-refractivity contribution in [1.82, 2.24) is 14.9 Å². The van der Waals surface area contributed by atoms with Crippen molar-refractivity contribution in [2.75, 3.05) is 12.4 Å². The molecule has 4 rings (SSSR count). The third kappa shape index (κ3) is 4.32. The van der Waals surface area contributed by atoms with E-state index in [-0.39, 0.29) is 11.5 Å². The minimum absolute atomic E-state index is 0.147. The van der Waals surface area contributed by atoms with E-state index in [9.17, 15) is 9.18 Å². The quantitative estimate of drug-likeness (QED) is 0.537.